The third-order valence-corrected chi connectivity index (χ3v) is 4.17. The molecule has 0 atom stereocenters. The number of fused-ring (bicyclic) bond motifs is 2. The molecule has 5 nitrogen and oxygen atoms in total. The minimum Gasteiger partial charge on any atom is -0.350 e. The van der Waals surface area contributed by atoms with E-state index in [1.54, 1.807) is 17.7 Å². The van der Waals surface area contributed by atoms with Gasteiger partial charge in [-0.05, 0) is 6.07 Å². The molecule has 1 N–H and O–H groups in total. The monoisotopic (exact) mass is 257 g/mol. The standard InChI is InChI=1S/C12H11N5S/c1-3-13-11-8(1)12(15-6-14-11)17-4-2-9-10(5-17)18-7-16-9/h1,3,6-7H,2,4-5H2,(H,13,14,15). The van der Waals surface area contributed by atoms with Crippen LogP contribution in [0.25, 0.3) is 11.0 Å². The minimum absolute atomic E-state index is 0.898. The number of aromatic amines is 1. The lowest BCUT2D eigenvalue weighted by atomic mass is 10.1. The van der Waals surface area contributed by atoms with E-state index in [4.69, 9.17) is 0 Å². The van der Waals surface area contributed by atoms with Gasteiger partial charge in [0.25, 0.3) is 0 Å². The number of anilines is 1. The Hall–Kier alpha value is -1.95. The summed E-state index contributed by atoms with van der Waals surface area (Å²) >= 11 is 1.73. The van der Waals surface area contributed by atoms with Crippen LogP contribution in [-0.2, 0) is 13.0 Å². The molecule has 0 spiro atoms. The van der Waals surface area contributed by atoms with Crippen LogP contribution in [0.1, 0.15) is 10.6 Å². The fraction of sp³-hybridized carbons (Fsp3) is 0.250. The van der Waals surface area contributed by atoms with Crippen LogP contribution in [0, 0.1) is 0 Å². The number of H-pyrrole nitrogens is 1. The molecule has 0 bridgehead atoms. The average molecular weight is 257 g/mol. The lowest BCUT2D eigenvalue weighted by Crippen LogP contribution is -2.30. The van der Waals surface area contributed by atoms with Gasteiger partial charge in [0.05, 0.1) is 23.1 Å². The van der Waals surface area contributed by atoms with Crippen molar-refractivity contribution in [2.45, 2.75) is 13.0 Å². The number of aromatic nitrogens is 4. The first kappa shape index (κ1) is 10.0. The molecule has 3 aromatic rings. The molecule has 0 saturated carbocycles. The second-order valence-corrected chi connectivity index (χ2v) is 5.27. The van der Waals surface area contributed by atoms with Gasteiger partial charge >= 0.3 is 0 Å². The second-order valence-electron chi connectivity index (χ2n) is 4.33. The van der Waals surface area contributed by atoms with E-state index in [0.29, 0.717) is 0 Å². The first-order valence-corrected chi connectivity index (χ1v) is 6.74. The van der Waals surface area contributed by atoms with Gasteiger partial charge in [0.15, 0.2) is 0 Å². The summed E-state index contributed by atoms with van der Waals surface area (Å²) in [6.45, 7) is 1.87. The maximum Gasteiger partial charge on any atom is 0.142 e. The summed E-state index contributed by atoms with van der Waals surface area (Å²) < 4.78 is 0. The Kier molecular flexibility index (Phi) is 2.10. The molecule has 1 aliphatic rings. The molecule has 90 valence electrons. The normalized spacial score (nSPS) is 15.0. The van der Waals surface area contributed by atoms with Gasteiger partial charge in [-0.2, -0.15) is 0 Å². The maximum absolute atomic E-state index is 4.44. The highest BCUT2D eigenvalue weighted by Crippen LogP contribution is 2.28. The van der Waals surface area contributed by atoms with Gasteiger partial charge in [0, 0.05) is 24.0 Å². The van der Waals surface area contributed by atoms with Crippen molar-refractivity contribution in [1.82, 2.24) is 19.9 Å². The van der Waals surface area contributed by atoms with Gasteiger partial charge in [-0.15, -0.1) is 11.3 Å². The zero-order chi connectivity index (χ0) is 11.9. The summed E-state index contributed by atoms with van der Waals surface area (Å²) in [6.07, 6.45) is 4.52. The van der Waals surface area contributed by atoms with E-state index in [1.165, 1.54) is 10.6 Å². The number of nitrogens with one attached hydrogen (secondary N) is 1. The van der Waals surface area contributed by atoms with Crippen molar-refractivity contribution >= 4 is 28.2 Å². The molecule has 0 saturated heterocycles. The van der Waals surface area contributed by atoms with Crippen LogP contribution in [0.4, 0.5) is 5.82 Å². The Morgan fingerprint density at radius 2 is 2.28 bits per heavy atom. The molecule has 0 aliphatic carbocycles. The molecule has 0 amide bonds. The fourth-order valence-corrected chi connectivity index (χ4v) is 3.24. The quantitative estimate of drug-likeness (QED) is 0.724. The molecule has 1 aliphatic heterocycles. The number of hydrogen-bond acceptors (Lipinski definition) is 5. The third-order valence-electron chi connectivity index (χ3n) is 3.31. The van der Waals surface area contributed by atoms with Crippen LogP contribution >= 0.6 is 11.3 Å². The minimum atomic E-state index is 0.898. The molecule has 4 heterocycles. The summed E-state index contributed by atoms with van der Waals surface area (Å²) in [5, 5.41) is 1.09. The smallest absolute Gasteiger partial charge is 0.142 e. The zero-order valence-corrected chi connectivity index (χ0v) is 10.4. The maximum atomic E-state index is 4.44. The Morgan fingerprint density at radius 3 is 3.28 bits per heavy atom. The SMILES string of the molecule is c1nc(N2CCc3ncsc3C2)c2cc[nH]c2n1. The Morgan fingerprint density at radius 1 is 1.28 bits per heavy atom. The lowest BCUT2D eigenvalue weighted by molar-refractivity contribution is 0.721. The van der Waals surface area contributed by atoms with E-state index >= 15 is 0 Å². The molecule has 4 rings (SSSR count). The van der Waals surface area contributed by atoms with E-state index in [0.717, 1.165) is 36.4 Å². The third kappa shape index (κ3) is 1.42. The topological polar surface area (TPSA) is 57.7 Å². The van der Waals surface area contributed by atoms with Crippen LogP contribution in [0.15, 0.2) is 24.1 Å². The summed E-state index contributed by atoms with van der Waals surface area (Å²) in [7, 11) is 0. The zero-order valence-electron chi connectivity index (χ0n) is 9.63. The molecule has 18 heavy (non-hydrogen) atoms. The van der Waals surface area contributed by atoms with Crippen molar-refractivity contribution in [3.63, 3.8) is 0 Å². The molecule has 6 heteroatoms. The van der Waals surface area contributed by atoms with E-state index in [2.05, 4.69) is 24.8 Å². The predicted molar refractivity (Wildman–Crippen MR) is 70.8 cm³/mol. The molecule has 0 fully saturated rings. The van der Waals surface area contributed by atoms with Gasteiger partial charge in [-0.25, -0.2) is 15.0 Å². The summed E-state index contributed by atoms with van der Waals surface area (Å²) in [5.41, 5.74) is 4.07. The van der Waals surface area contributed by atoms with Crippen LogP contribution in [0.2, 0.25) is 0 Å². The number of nitrogens with zero attached hydrogens (tertiary/aromatic N) is 4. The average Bonchev–Trinajstić information content (AvgIpc) is 3.05. The van der Waals surface area contributed by atoms with Crippen LogP contribution < -0.4 is 4.90 Å². The van der Waals surface area contributed by atoms with Gasteiger partial charge in [-0.1, -0.05) is 0 Å². The summed E-state index contributed by atoms with van der Waals surface area (Å²) in [4.78, 5) is 19.8. The highest BCUT2D eigenvalue weighted by atomic mass is 32.1. The highest BCUT2D eigenvalue weighted by molar-refractivity contribution is 7.09. The summed E-state index contributed by atoms with van der Waals surface area (Å²) in [5.74, 6) is 1.01. The number of hydrogen-bond donors (Lipinski definition) is 1. The molecule has 0 aromatic carbocycles. The second kappa shape index (κ2) is 3.78. The van der Waals surface area contributed by atoms with Crippen LogP contribution in [-0.4, -0.2) is 26.5 Å². The lowest BCUT2D eigenvalue weighted by Gasteiger charge is -2.27. The van der Waals surface area contributed by atoms with Gasteiger partial charge in [0.1, 0.15) is 17.8 Å². The largest absolute Gasteiger partial charge is 0.350 e. The molecule has 0 unspecified atom stereocenters. The molecular formula is C12H11N5S. The fourth-order valence-electron chi connectivity index (χ4n) is 2.41. The Bertz CT molecular complexity index is 701. The van der Waals surface area contributed by atoms with Gasteiger partial charge < -0.3 is 9.88 Å². The highest BCUT2D eigenvalue weighted by Gasteiger charge is 2.21. The Balaban J connectivity index is 1.78. The van der Waals surface area contributed by atoms with E-state index in [1.807, 2.05) is 17.8 Å². The molecule has 3 aromatic heterocycles. The van der Waals surface area contributed by atoms with Crippen LogP contribution in [0.5, 0.6) is 0 Å². The van der Waals surface area contributed by atoms with E-state index in [-0.39, 0.29) is 0 Å². The van der Waals surface area contributed by atoms with Gasteiger partial charge in [-0.3, -0.25) is 0 Å². The van der Waals surface area contributed by atoms with Crippen molar-refractivity contribution in [3.8, 4) is 0 Å². The number of thiazole rings is 1. The first-order valence-electron chi connectivity index (χ1n) is 5.86. The van der Waals surface area contributed by atoms with Gasteiger partial charge in [0.2, 0.25) is 0 Å². The Labute approximate surface area is 108 Å². The van der Waals surface area contributed by atoms with Crippen molar-refractivity contribution in [2.24, 2.45) is 0 Å². The van der Waals surface area contributed by atoms with Crippen LogP contribution in [0.3, 0.4) is 0 Å². The molecule has 0 radical (unpaired) electrons. The van der Waals surface area contributed by atoms with Crippen molar-refractivity contribution in [2.75, 3.05) is 11.4 Å². The van der Waals surface area contributed by atoms with Crippen molar-refractivity contribution in [1.29, 1.82) is 0 Å². The van der Waals surface area contributed by atoms with E-state index < -0.39 is 0 Å². The summed E-state index contributed by atoms with van der Waals surface area (Å²) in [6, 6.07) is 2.03. The number of rotatable bonds is 1. The molecular weight excluding hydrogens is 246 g/mol. The van der Waals surface area contributed by atoms with Crippen molar-refractivity contribution in [3.05, 3.63) is 34.7 Å². The van der Waals surface area contributed by atoms with E-state index in [9.17, 15) is 0 Å². The predicted octanol–water partition coefficient (Wildman–Crippen LogP) is 1.98. The first-order chi connectivity index (χ1) is 8.92. The van der Waals surface area contributed by atoms with Crippen molar-refractivity contribution < 1.29 is 0 Å².